The van der Waals surface area contributed by atoms with Crippen LogP contribution in [0.15, 0.2) is 217 Å². The van der Waals surface area contributed by atoms with Crippen molar-refractivity contribution < 1.29 is 4.42 Å². The highest BCUT2D eigenvalue weighted by molar-refractivity contribution is 6.24. The first-order chi connectivity index (χ1) is 32.7. The lowest BCUT2D eigenvalue weighted by Crippen LogP contribution is -2.07. The molecule has 8 heteroatoms. The molecule has 0 aliphatic carbocycles. The highest BCUT2D eigenvalue weighted by Crippen LogP contribution is 2.43. The monoisotopic (exact) mass is 845 g/mol. The molecule has 14 rings (SSSR count). The summed E-state index contributed by atoms with van der Waals surface area (Å²) in [4.78, 5) is 21.1. The van der Waals surface area contributed by atoms with Crippen LogP contribution in [0.25, 0.3) is 128 Å². The van der Waals surface area contributed by atoms with Crippen LogP contribution in [-0.4, -0.2) is 33.6 Å². The average molecular weight is 846 g/mol. The molecule has 0 amide bonds. The van der Waals surface area contributed by atoms with Crippen molar-refractivity contribution in [2.24, 2.45) is 0 Å². The van der Waals surface area contributed by atoms with Gasteiger partial charge in [0.05, 0.1) is 38.8 Å². The molecule has 0 atom stereocenters. The Morgan fingerprint density at radius 2 is 0.848 bits per heavy atom. The van der Waals surface area contributed by atoms with E-state index in [9.17, 15) is 0 Å². The maximum atomic E-state index is 6.74. The topological polar surface area (TPSA) is 79.5 Å². The molecule has 66 heavy (non-hydrogen) atoms. The summed E-state index contributed by atoms with van der Waals surface area (Å²) >= 11 is 0. The molecule has 8 nitrogen and oxygen atoms in total. The molecule has 14 aromatic rings. The zero-order valence-corrected chi connectivity index (χ0v) is 35.2. The molecule has 0 fully saturated rings. The highest BCUT2D eigenvalue weighted by Gasteiger charge is 2.25. The summed E-state index contributed by atoms with van der Waals surface area (Å²) in [5, 5.41) is 6.73. The summed E-state index contributed by atoms with van der Waals surface area (Å²) in [6.45, 7) is 0. The number of aromatic nitrogens is 7. The molecule has 0 aliphatic rings. The molecule has 5 heterocycles. The first kappa shape index (κ1) is 36.4. The Morgan fingerprint density at radius 1 is 0.333 bits per heavy atom. The van der Waals surface area contributed by atoms with Crippen LogP contribution in [0.3, 0.4) is 0 Å². The first-order valence-corrected chi connectivity index (χ1v) is 22.1. The number of fused-ring (bicyclic) bond motifs is 11. The minimum atomic E-state index is 0.516. The van der Waals surface area contributed by atoms with E-state index >= 15 is 0 Å². The number of rotatable bonds is 6. The third kappa shape index (κ3) is 5.39. The molecular weight excluding hydrogens is 811 g/mol. The SMILES string of the molecule is c1ccc(-c2nc(-c3ccc4c5ccccc5n(-c5ccccc5)c4c3)nc(-n3c4ccccc4c4ccc5c6ccccc6n(-c6cccc7nc(-c8ccccc8)oc67)c5c43)n2)cc1. The highest BCUT2D eigenvalue weighted by atomic mass is 16.3. The van der Waals surface area contributed by atoms with Crippen LogP contribution < -0.4 is 0 Å². The van der Waals surface area contributed by atoms with E-state index in [2.05, 4.69) is 171 Å². The van der Waals surface area contributed by atoms with Crippen molar-refractivity contribution in [2.45, 2.75) is 0 Å². The van der Waals surface area contributed by atoms with Crippen LogP contribution in [0.2, 0.25) is 0 Å². The normalized spacial score (nSPS) is 11.9. The van der Waals surface area contributed by atoms with Gasteiger partial charge in [0.15, 0.2) is 17.2 Å². The third-order valence-corrected chi connectivity index (χ3v) is 12.9. The van der Waals surface area contributed by atoms with Gasteiger partial charge in [-0.25, -0.2) is 9.97 Å². The summed E-state index contributed by atoms with van der Waals surface area (Å²) in [6.07, 6.45) is 0. The molecule has 0 radical (unpaired) electrons. The fraction of sp³-hybridized carbons (Fsp3) is 0. The number of oxazole rings is 1. The lowest BCUT2D eigenvalue weighted by atomic mass is 10.1. The van der Waals surface area contributed by atoms with E-state index < -0.39 is 0 Å². The standard InChI is InChI=1S/C58H35N7O/c1-4-17-36(18-5-1)55-60-56(38-31-32-43-40-23-10-13-27-47(40)63(51(43)35-38)39-21-8-3-9-22-39)62-58(61-55)65-49-29-15-12-25-42(49)45-34-33-44-41-24-11-14-28-48(41)64(52(44)53(45)65)50-30-16-26-46-54(50)66-57(59-46)37-19-6-2-7-20-37/h1-35H. The van der Waals surface area contributed by atoms with Gasteiger partial charge in [-0.15, -0.1) is 0 Å². The van der Waals surface area contributed by atoms with Gasteiger partial charge in [0.25, 0.3) is 0 Å². The van der Waals surface area contributed by atoms with E-state index in [-0.39, 0.29) is 0 Å². The van der Waals surface area contributed by atoms with Crippen LogP contribution in [0.4, 0.5) is 0 Å². The van der Waals surface area contributed by atoms with Crippen LogP contribution in [-0.2, 0) is 0 Å². The van der Waals surface area contributed by atoms with Gasteiger partial charge in [-0.05, 0) is 60.7 Å². The molecule has 0 unspecified atom stereocenters. The maximum absolute atomic E-state index is 6.74. The van der Waals surface area contributed by atoms with Gasteiger partial charge in [0.2, 0.25) is 11.8 Å². The molecule has 0 saturated heterocycles. The molecule has 308 valence electrons. The van der Waals surface area contributed by atoms with Crippen LogP contribution >= 0.6 is 0 Å². The zero-order valence-electron chi connectivity index (χ0n) is 35.2. The Kier molecular flexibility index (Phi) is 7.81. The van der Waals surface area contributed by atoms with Crippen LogP contribution in [0.5, 0.6) is 0 Å². The molecular formula is C58H35N7O. The molecule has 0 spiro atoms. The molecule has 9 aromatic carbocycles. The van der Waals surface area contributed by atoms with Crippen molar-refractivity contribution in [1.29, 1.82) is 0 Å². The van der Waals surface area contributed by atoms with Gasteiger partial charge >= 0.3 is 0 Å². The van der Waals surface area contributed by atoms with E-state index in [0.717, 1.165) is 93.6 Å². The molecule has 0 N–H and O–H groups in total. The van der Waals surface area contributed by atoms with E-state index in [0.29, 0.717) is 29.1 Å². The second-order valence-electron chi connectivity index (χ2n) is 16.6. The number of nitrogens with zero attached hydrogens (tertiary/aromatic N) is 7. The maximum Gasteiger partial charge on any atom is 0.238 e. The number of benzene rings is 9. The zero-order chi connectivity index (χ0) is 43.3. The Balaban J connectivity index is 1.08. The molecule has 0 aliphatic heterocycles. The summed E-state index contributed by atoms with van der Waals surface area (Å²) in [6, 6.07) is 73.7. The van der Waals surface area contributed by atoms with Gasteiger partial charge in [0, 0.05) is 54.7 Å². The van der Waals surface area contributed by atoms with Crippen LogP contribution in [0, 0.1) is 0 Å². The van der Waals surface area contributed by atoms with Crippen molar-refractivity contribution in [2.75, 3.05) is 0 Å². The third-order valence-electron chi connectivity index (χ3n) is 12.9. The second kappa shape index (κ2) is 14.2. The quantitative estimate of drug-likeness (QED) is 0.167. The van der Waals surface area contributed by atoms with Crippen molar-refractivity contribution >= 4 is 76.5 Å². The van der Waals surface area contributed by atoms with Gasteiger partial charge < -0.3 is 13.6 Å². The predicted octanol–water partition coefficient (Wildman–Crippen LogP) is 14.3. The summed E-state index contributed by atoms with van der Waals surface area (Å²) < 4.78 is 13.6. The van der Waals surface area contributed by atoms with Gasteiger partial charge in [-0.2, -0.15) is 9.97 Å². The number of para-hydroxylation sites is 5. The summed E-state index contributed by atoms with van der Waals surface area (Å²) in [5.74, 6) is 2.25. The number of hydrogen-bond acceptors (Lipinski definition) is 5. The second-order valence-corrected chi connectivity index (χ2v) is 16.6. The minimum Gasteiger partial charge on any atom is -0.434 e. The van der Waals surface area contributed by atoms with Crippen molar-refractivity contribution in [3.8, 4) is 51.6 Å². The Bertz CT molecular complexity index is 4220. The average Bonchev–Trinajstić information content (AvgIpc) is 4.15. The lowest BCUT2D eigenvalue weighted by molar-refractivity contribution is 0.618. The fourth-order valence-electron chi connectivity index (χ4n) is 10.0. The summed E-state index contributed by atoms with van der Waals surface area (Å²) in [7, 11) is 0. The van der Waals surface area contributed by atoms with E-state index in [1.807, 2.05) is 54.6 Å². The van der Waals surface area contributed by atoms with Crippen molar-refractivity contribution in [1.82, 2.24) is 33.6 Å². The molecule has 5 aromatic heterocycles. The van der Waals surface area contributed by atoms with E-state index in [1.165, 1.54) is 5.39 Å². The Morgan fingerprint density at radius 3 is 1.53 bits per heavy atom. The van der Waals surface area contributed by atoms with Crippen LogP contribution in [0.1, 0.15) is 0 Å². The lowest BCUT2D eigenvalue weighted by Gasteiger charge is -2.13. The fourth-order valence-corrected chi connectivity index (χ4v) is 10.0. The van der Waals surface area contributed by atoms with Gasteiger partial charge in [-0.1, -0.05) is 152 Å². The summed E-state index contributed by atoms with van der Waals surface area (Å²) in [5.41, 5.74) is 12.4. The van der Waals surface area contributed by atoms with E-state index in [4.69, 9.17) is 24.4 Å². The molecule has 0 bridgehead atoms. The largest absolute Gasteiger partial charge is 0.434 e. The molecule has 0 saturated carbocycles. The predicted molar refractivity (Wildman–Crippen MR) is 267 cm³/mol. The Hall–Kier alpha value is -9.14. The van der Waals surface area contributed by atoms with Crippen molar-refractivity contribution in [3.05, 3.63) is 212 Å². The van der Waals surface area contributed by atoms with Gasteiger partial charge in [0.1, 0.15) is 5.52 Å². The van der Waals surface area contributed by atoms with Crippen molar-refractivity contribution in [3.63, 3.8) is 0 Å². The minimum absolute atomic E-state index is 0.516. The first-order valence-electron chi connectivity index (χ1n) is 22.1. The van der Waals surface area contributed by atoms with E-state index in [1.54, 1.807) is 0 Å². The smallest absolute Gasteiger partial charge is 0.238 e. The number of hydrogen-bond donors (Lipinski definition) is 0. The Labute approximate surface area is 376 Å². The van der Waals surface area contributed by atoms with Gasteiger partial charge in [-0.3, -0.25) is 4.57 Å².